The number of Topliss-reactive ketones (excluding diaryl/α,β-unsaturated/α-hetero) is 1. The Morgan fingerprint density at radius 2 is 1.72 bits per heavy atom. The van der Waals surface area contributed by atoms with Crippen LogP contribution < -0.4 is 5.32 Å². The van der Waals surface area contributed by atoms with E-state index in [1.165, 1.54) is 23.4 Å². The molecule has 0 radical (unpaired) electrons. The summed E-state index contributed by atoms with van der Waals surface area (Å²) in [5.41, 5.74) is 3.88. The van der Waals surface area contributed by atoms with Gasteiger partial charge in [0.15, 0.2) is 5.78 Å². The Morgan fingerprint density at radius 1 is 1.00 bits per heavy atom. The number of urea groups is 1. The van der Waals surface area contributed by atoms with Gasteiger partial charge in [-0.1, -0.05) is 18.2 Å². The summed E-state index contributed by atoms with van der Waals surface area (Å²) in [5.74, 6) is 0.0200. The van der Waals surface area contributed by atoms with Crippen LogP contribution in [-0.4, -0.2) is 59.3 Å². The van der Waals surface area contributed by atoms with E-state index in [1.807, 2.05) is 11.0 Å². The number of rotatable bonds is 5. The van der Waals surface area contributed by atoms with Crippen molar-refractivity contribution < 1.29 is 9.59 Å². The summed E-state index contributed by atoms with van der Waals surface area (Å²) in [6, 6.07) is 15.3. The van der Waals surface area contributed by atoms with Crippen molar-refractivity contribution in [1.82, 2.24) is 14.8 Å². The van der Waals surface area contributed by atoms with Crippen LogP contribution in [0, 0.1) is 0 Å². The van der Waals surface area contributed by atoms with E-state index in [2.05, 4.69) is 39.6 Å². The van der Waals surface area contributed by atoms with Crippen molar-refractivity contribution in [2.75, 3.05) is 38.0 Å². The predicted molar refractivity (Wildman–Crippen MR) is 115 cm³/mol. The molecule has 1 aliphatic rings. The standard InChI is InChI=1S/C23H26N4O2/c1-17(28)18-6-8-20(9-7-18)25-23(29)27-14-12-26(13-15-27)11-10-19-16-24-22-5-3-2-4-21(19)22/h2-9,16,24H,10-15H2,1H3,(H,25,29). The van der Waals surface area contributed by atoms with Crippen LogP contribution in [0.15, 0.2) is 54.7 Å². The number of nitrogens with zero attached hydrogens (tertiary/aromatic N) is 2. The summed E-state index contributed by atoms with van der Waals surface area (Å²) in [6.07, 6.45) is 3.10. The van der Waals surface area contributed by atoms with Gasteiger partial charge in [0.2, 0.25) is 0 Å². The highest BCUT2D eigenvalue weighted by Crippen LogP contribution is 2.19. The lowest BCUT2D eigenvalue weighted by molar-refractivity contribution is 0.101. The Bertz CT molecular complexity index is 1000. The van der Waals surface area contributed by atoms with Gasteiger partial charge in [-0.25, -0.2) is 4.79 Å². The molecule has 29 heavy (non-hydrogen) atoms. The molecular weight excluding hydrogens is 364 g/mol. The number of fused-ring (bicyclic) bond motifs is 1. The first-order valence-electron chi connectivity index (χ1n) is 10.0. The van der Waals surface area contributed by atoms with E-state index >= 15 is 0 Å². The molecule has 2 heterocycles. The molecule has 2 amide bonds. The lowest BCUT2D eigenvalue weighted by Crippen LogP contribution is -2.50. The number of anilines is 1. The van der Waals surface area contributed by atoms with E-state index in [9.17, 15) is 9.59 Å². The van der Waals surface area contributed by atoms with Crippen LogP contribution >= 0.6 is 0 Å². The van der Waals surface area contributed by atoms with E-state index in [4.69, 9.17) is 0 Å². The number of ketones is 1. The van der Waals surface area contributed by atoms with Crippen molar-refractivity contribution in [3.63, 3.8) is 0 Å². The van der Waals surface area contributed by atoms with E-state index in [0.717, 1.165) is 26.1 Å². The molecule has 1 aromatic heterocycles. The molecule has 2 N–H and O–H groups in total. The lowest BCUT2D eigenvalue weighted by atomic mass is 10.1. The molecule has 3 aromatic rings. The Balaban J connectivity index is 1.25. The minimum Gasteiger partial charge on any atom is -0.361 e. The fourth-order valence-corrected chi connectivity index (χ4v) is 3.78. The van der Waals surface area contributed by atoms with Crippen molar-refractivity contribution in [2.45, 2.75) is 13.3 Å². The number of piperazine rings is 1. The molecule has 0 unspecified atom stereocenters. The number of aromatic amines is 1. The zero-order valence-corrected chi connectivity index (χ0v) is 16.6. The average Bonchev–Trinajstić information content (AvgIpc) is 3.16. The normalized spacial score (nSPS) is 14.9. The topological polar surface area (TPSA) is 68.4 Å². The van der Waals surface area contributed by atoms with Gasteiger partial charge in [0.25, 0.3) is 0 Å². The molecule has 2 aromatic carbocycles. The summed E-state index contributed by atoms with van der Waals surface area (Å²) < 4.78 is 0. The van der Waals surface area contributed by atoms with Gasteiger partial charge >= 0.3 is 6.03 Å². The Morgan fingerprint density at radius 3 is 2.45 bits per heavy atom. The third kappa shape index (κ3) is 4.49. The van der Waals surface area contributed by atoms with Crippen molar-refractivity contribution in [3.05, 3.63) is 65.9 Å². The molecule has 0 aliphatic carbocycles. The van der Waals surface area contributed by atoms with Gasteiger partial charge in [-0.05, 0) is 49.2 Å². The number of aromatic nitrogens is 1. The summed E-state index contributed by atoms with van der Waals surface area (Å²) in [7, 11) is 0. The van der Waals surface area contributed by atoms with Gasteiger partial charge < -0.3 is 15.2 Å². The number of hydrogen-bond donors (Lipinski definition) is 2. The van der Waals surface area contributed by atoms with E-state index in [0.29, 0.717) is 24.3 Å². The number of carbonyl (C=O) groups excluding carboxylic acids is 2. The Kier molecular flexibility index (Phi) is 5.62. The lowest BCUT2D eigenvalue weighted by Gasteiger charge is -2.34. The fraction of sp³-hybridized carbons (Fsp3) is 0.304. The molecule has 4 rings (SSSR count). The zero-order valence-electron chi connectivity index (χ0n) is 16.6. The maximum absolute atomic E-state index is 12.5. The molecular formula is C23H26N4O2. The Hall–Kier alpha value is -3.12. The second-order valence-corrected chi connectivity index (χ2v) is 7.50. The quantitative estimate of drug-likeness (QED) is 0.652. The molecule has 0 saturated carbocycles. The van der Waals surface area contributed by atoms with Gasteiger partial charge in [0, 0.05) is 61.1 Å². The average molecular weight is 390 g/mol. The van der Waals surface area contributed by atoms with Crippen LogP contribution in [0.5, 0.6) is 0 Å². The molecule has 150 valence electrons. The SMILES string of the molecule is CC(=O)c1ccc(NC(=O)N2CCN(CCc3c[nH]c4ccccc34)CC2)cc1. The summed E-state index contributed by atoms with van der Waals surface area (Å²) >= 11 is 0. The predicted octanol–water partition coefficient (Wildman–Crippen LogP) is 3.76. The molecule has 6 nitrogen and oxygen atoms in total. The molecule has 0 bridgehead atoms. The van der Waals surface area contributed by atoms with E-state index in [-0.39, 0.29) is 11.8 Å². The van der Waals surface area contributed by atoms with Crippen molar-refractivity contribution in [3.8, 4) is 0 Å². The van der Waals surface area contributed by atoms with Crippen LogP contribution in [0.25, 0.3) is 10.9 Å². The van der Waals surface area contributed by atoms with E-state index < -0.39 is 0 Å². The van der Waals surface area contributed by atoms with Crippen molar-refractivity contribution in [1.29, 1.82) is 0 Å². The molecule has 1 saturated heterocycles. The maximum atomic E-state index is 12.5. The number of benzene rings is 2. The molecule has 0 spiro atoms. The third-order valence-corrected chi connectivity index (χ3v) is 5.57. The summed E-state index contributed by atoms with van der Waals surface area (Å²) in [6.45, 7) is 5.70. The second kappa shape index (κ2) is 8.49. The molecule has 0 atom stereocenters. The van der Waals surface area contributed by atoms with Crippen LogP contribution in [-0.2, 0) is 6.42 Å². The summed E-state index contributed by atoms with van der Waals surface area (Å²) in [5, 5.41) is 4.21. The number of hydrogen-bond acceptors (Lipinski definition) is 3. The van der Waals surface area contributed by atoms with Crippen LogP contribution in [0.3, 0.4) is 0 Å². The van der Waals surface area contributed by atoms with Gasteiger partial charge in [-0.2, -0.15) is 0 Å². The highest BCUT2D eigenvalue weighted by Gasteiger charge is 2.21. The van der Waals surface area contributed by atoms with Gasteiger partial charge in [-0.15, -0.1) is 0 Å². The fourth-order valence-electron chi connectivity index (χ4n) is 3.78. The number of amides is 2. The zero-order chi connectivity index (χ0) is 20.2. The van der Waals surface area contributed by atoms with Crippen LogP contribution in [0.1, 0.15) is 22.8 Å². The number of nitrogens with one attached hydrogen (secondary N) is 2. The van der Waals surface area contributed by atoms with E-state index in [1.54, 1.807) is 24.3 Å². The first-order chi connectivity index (χ1) is 14.1. The molecule has 6 heteroatoms. The Labute approximate surface area is 170 Å². The molecule has 1 fully saturated rings. The van der Waals surface area contributed by atoms with Crippen molar-refractivity contribution >= 4 is 28.4 Å². The minimum atomic E-state index is -0.0862. The second-order valence-electron chi connectivity index (χ2n) is 7.50. The molecule has 1 aliphatic heterocycles. The third-order valence-electron chi connectivity index (χ3n) is 5.57. The monoisotopic (exact) mass is 390 g/mol. The highest BCUT2D eigenvalue weighted by molar-refractivity contribution is 5.95. The van der Waals surface area contributed by atoms with Gasteiger partial charge in [0.05, 0.1) is 0 Å². The van der Waals surface area contributed by atoms with Gasteiger partial charge in [-0.3, -0.25) is 9.69 Å². The van der Waals surface area contributed by atoms with Gasteiger partial charge in [0.1, 0.15) is 0 Å². The van der Waals surface area contributed by atoms with Crippen molar-refractivity contribution in [2.24, 2.45) is 0 Å². The smallest absolute Gasteiger partial charge is 0.321 e. The minimum absolute atomic E-state index is 0.0200. The van der Waals surface area contributed by atoms with Crippen LogP contribution in [0.4, 0.5) is 10.5 Å². The first-order valence-corrected chi connectivity index (χ1v) is 10.0. The van der Waals surface area contributed by atoms with Crippen LogP contribution in [0.2, 0.25) is 0 Å². The number of carbonyl (C=O) groups is 2. The number of H-pyrrole nitrogens is 1. The maximum Gasteiger partial charge on any atom is 0.321 e. The highest BCUT2D eigenvalue weighted by atomic mass is 16.2. The first kappa shape index (κ1) is 19.2. The summed E-state index contributed by atoms with van der Waals surface area (Å²) in [4.78, 5) is 31.4. The number of para-hydroxylation sites is 1. The largest absolute Gasteiger partial charge is 0.361 e.